The Balaban J connectivity index is 1.96. The first-order chi connectivity index (χ1) is 11.3. The van der Waals surface area contributed by atoms with Gasteiger partial charge in [0.25, 0.3) is 0 Å². The standard InChI is InChI=1S/C17H26N2O4S/c1-3-18(12-17(20)21)16-7-9-19(10-8-16)24(22,23)13-15-6-4-5-14(2)11-15/h4-6,11,16H,3,7-10,12-13H2,1-2H3,(H,20,21). The minimum absolute atomic E-state index is 0.0111. The molecule has 24 heavy (non-hydrogen) atoms. The number of rotatable bonds is 7. The lowest BCUT2D eigenvalue weighted by Gasteiger charge is -2.36. The van der Waals surface area contributed by atoms with E-state index in [-0.39, 0.29) is 18.3 Å². The average molecular weight is 354 g/mol. The van der Waals surface area contributed by atoms with Crippen LogP contribution < -0.4 is 0 Å². The average Bonchev–Trinajstić information content (AvgIpc) is 2.52. The Labute approximate surface area is 144 Å². The Bertz CT molecular complexity index is 667. The summed E-state index contributed by atoms with van der Waals surface area (Å²) >= 11 is 0. The Hall–Kier alpha value is -1.44. The highest BCUT2D eigenvalue weighted by Crippen LogP contribution is 2.21. The molecule has 0 radical (unpaired) electrons. The Morgan fingerprint density at radius 3 is 2.54 bits per heavy atom. The molecule has 1 heterocycles. The van der Waals surface area contributed by atoms with Gasteiger partial charge < -0.3 is 5.11 Å². The summed E-state index contributed by atoms with van der Waals surface area (Å²) in [7, 11) is -3.33. The van der Waals surface area contributed by atoms with Crippen molar-refractivity contribution in [2.45, 2.75) is 38.5 Å². The number of benzene rings is 1. The molecule has 1 fully saturated rings. The highest BCUT2D eigenvalue weighted by Gasteiger charge is 2.30. The third-order valence-corrected chi connectivity index (χ3v) is 6.36. The van der Waals surface area contributed by atoms with E-state index in [2.05, 4.69) is 0 Å². The monoisotopic (exact) mass is 354 g/mol. The molecule has 2 rings (SSSR count). The zero-order chi connectivity index (χ0) is 17.7. The summed E-state index contributed by atoms with van der Waals surface area (Å²) < 4.78 is 26.8. The molecule has 7 heteroatoms. The molecule has 134 valence electrons. The Morgan fingerprint density at radius 2 is 2.00 bits per heavy atom. The molecule has 6 nitrogen and oxygen atoms in total. The molecule has 1 N–H and O–H groups in total. The van der Waals surface area contributed by atoms with Crippen LogP contribution in [0.3, 0.4) is 0 Å². The summed E-state index contributed by atoms with van der Waals surface area (Å²) in [6, 6.07) is 7.69. The number of likely N-dealkylation sites (N-methyl/N-ethyl adjacent to an activating group) is 1. The topological polar surface area (TPSA) is 77.9 Å². The van der Waals surface area contributed by atoms with Gasteiger partial charge in [-0.1, -0.05) is 36.8 Å². The van der Waals surface area contributed by atoms with Gasteiger partial charge in [0.2, 0.25) is 10.0 Å². The van der Waals surface area contributed by atoms with Crippen LogP contribution in [0, 0.1) is 6.92 Å². The van der Waals surface area contributed by atoms with Crippen molar-refractivity contribution >= 4 is 16.0 Å². The van der Waals surface area contributed by atoms with E-state index in [4.69, 9.17) is 5.11 Å². The van der Waals surface area contributed by atoms with Crippen LogP contribution in [0.5, 0.6) is 0 Å². The van der Waals surface area contributed by atoms with Gasteiger partial charge in [-0.05, 0) is 31.9 Å². The second kappa shape index (κ2) is 8.09. The Kier molecular flexibility index (Phi) is 6.37. The van der Waals surface area contributed by atoms with Gasteiger partial charge in [-0.25, -0.2) is 12.7 Å². The molecule has 1 aliphatic heterocycles. The highest BCUT2D eigenvalue weighted by molar-refractivity contribution is 7.88. The van der Waals surface area contributed by atoms with Crippen molar-refractivity contribution in [2.75, 3.05) is 26.2 Å². The maximum Gasteiger partial charge on any atom is 0.317 e. The molecule has 0 aromatic heterocycles. The summed E-state index contributed by atoms with van der Waals surface area (Å²) in [5.74, 6) is -0.822. The summed E-state index contributed by atoms with van der Waals surface area (Å²) in [5, 5.41) is 8.97. The molecule has 0 aliphatic carbocycles. The highest BCUT2D eigenvalue weighted by atomic mass is 32.2. The quantitative estimate of drug-likeness (QED) is 0.806. The van der Waals surface area contributed by atoms with Crippen LogP contribution in [-0.4, -0.2) is 60.9 Å². The Morgan fingerprint density at radius 1 is 1.33 bits per heavy atom. The number of piperidine rings is 1. The van der Waals surface area contributed by atoms with Crippen molar-refractivity contribution < 1.29 is 18.3 Å². The minimum atomic E-state index is -3.33. The van der Waals surface area contributed by atoms with Gasteiger partial charge in [-0.3, -0.25) is 9.69 Å². The third-order valence-electron chi connectivity index (χ3n) is 4.51. The van der Waals surface area contributed by atoms with E-state index in [9.17, 15) is 13.2 Å². The molecule has 0 bridgehead atoms. The number of hydrogen-bond donors (Lipinski definition) is 1. The number of nitrogens with zero attached hydrogens (tertiary/aromatic N) is 2. The van der Waals surface area contributed by atoms with Gasteiger partial charge in [0, 0.05) is 19.1 Å². The molecule has 0 spiro atoms. The SMILES string of the molecule is CCN(CC(=O)O)C1CCN(S(=O)(=O)Cc2cccc(C)c2)CC1. The van der Waals surface area contributed by atoms with Crippen molar-refractivity contribution in [3.8, 4) is 0 Å². The van der Waals surface area contributed by atoms with Gasteiger partial charge in [0.15, 0.2) is 0 Å². The maximum atomic E-state index is 12.6. The van der Waals surface area contributed by atoms with E-state index in [1.807, 2.05) is 43.0 Å². The number of carboxylic acid groups (broad SMARTS) is 1. The fourth-order valence-corrected chi connectivity index (χ4v) is 4.81. The summed E-state index contributed by atoms with van der Waals surface area (Å²) in [4.78, 5) is 12.8. The lowest BCUT2D eigenvalue weighted by molar-refractivity contribution is -0.139. The summed E-state index contributed by atoms with van der Waals surface area (Å²) in [6.45, 7) is 5.46. The van der Waals surface area contributed by atoms with Crippen molar-refractivity contribution in [3.05, 3.63) is 35.4 Å². The first-order valence-electron chi connectivity index (χ1n) is 8.31. The molecular formula is C17H26N2O4S. The fraction of sp³-hybridized carbons (Fsp3) is 0.588. The molecule has 0 unspecified atom stereocenters. The number of hydrogen-bond acceptors (Lipinski definition) is 4. The van der Waals surface area contributed by atoms with Crippen LogP contribution in [0.1, 0.15) is 30.9 Å². The third kappa shape index (κ3) is 5.03. The molecule has 1 aromatic rings. The smallest absolute Gasteiger partial charge is 0.317 e. The molecular weight excluding hydrogens is 328 g/mol. The molecule has 0 amide bonds. The predicted molar refractivity (Wildman–Crippen MR) is 93.3 cm³/mol. The number of sulfonamides is 1. The van der Waals surface area contributed by atoms with Gasteiger partial charge in [-0.2, -0.15) is 0 Å². The zero-order valence-corrected chi connectivity index (χ0v) is 15.1. The molecule has 1 saturated heterocycles. The van der Waals surface area contributed by atoms with E-state index in [1.165, 1.54) is 0 Å². The lowest BCUT2D eigenvalue weighted by Crippen LogP contribution is -2.48. The van der Waals surface area contributed by atoms with Crippen molar-refractivity contribution in [2.24, 2.45) is 0 Å². The van der Waals surface area contributed by atoms with Crippen molar-refractivity contribution in [3.63, 3.8) is 0 Å². The molecule has 1 aromatic carbocycles. The normalized spacial score (nSPS) is 17.3. The second-order valence-electron chi connectivity index (χ2n) is 6.33. The fourth-order valence-electron chi connectivity index (χ4n) is 3.26. The van der Waals surface area contributed by atoms with Gasteiger partial charge in [0.05, 0.1) is 12.3 Å². The van der Waals surface area contributed by atoms with Crippen LogP contribution in [0.2, 0.25) is 0 Å². The van der Waals surface area contributed by atoms with Crippen LogP contribution in [-0.2, 0) is 20.6 Å². The number of aryl methyl sites for hydroxylation is 1. The van der Waals surface area contributed by atoms with E-state index in [0.29, 0.717) is 32.5 Å². The van der Waals surface area contributed by atoms with Crippen molar-refractivity contribution in [1.29, 1.82) is 0 Å². The van der Waals surface area contributed by atoms with Crippen LogP contribution in [0.25, 0.3) is 0 Å². The number of aliphatic carboxylic acids is 1. The van der Waals surface area contributed by atoms with Crippen molar-refractivity contribution in [1.82, 2.24) is 9.21 Å². The molecule has 1 aliphatic rings. The van der Waals surface area contributed by atoms with E-state index in [0.717, 1.165) is 11.1 Å². The largest absolute Gasteiger partial charge is 0.480 e. The van der Waals surface area contributed by atoms with Crippen LogP contribution >= 0.6 is 0 Å². The first-order valence-corrected chi connectivity index (χ1v) is 9.92. The minimum Gasteiger partial charge on any atom is -0.480 e. The first kappa shape index (κ1) is 18.9. The van der Waals surface area contributed by atoms with E-state index in [1.54, 1.807) is 4.31 Å². The van der Waals surface area contributed by atoms with E-state index < -0.39 is 16.0 Å². The summed E-state index contributed by atoms with van der Waals surface area (Å²) in [5.41, 5.74) is 1.85. The predicted octanol–water partition coefficient (Wildman–Crippen LogP) is 1.70. The van der Waals surface area contributed by atoms with Crippen LogP contribution in [0.15, 0.2) is 24.3 Å². The number of carbonyl (C=O) groups is 1. The lowest BCUT2D eigenvalue weighted by atomic mass is 10.0. The second-order valence-corrected chi connectivity index (χ2v) is 8.30. The van der Waals surface area contributed by atoms with Gasteiger partial charge >= 0.3 is 5.97 Å². The van der Waals surface area contributed by atoms with Gasteiger partial charge in [0.1, 0.15) is 0 Å². The molecule has 0 saturated carbocycles. The van der Waals surface area contributed by atoms with E-state index >= 15 is 0 Å². The maximum absolute atomic E-state index is 12.6. The number of carboxylic acids is 1. The van der Waals surface area contributed by atoms with Gasteiger partial charge in [-0.15, -0.1) is 0 Å². The summed E-state index contributed by atoms with van der Waals surface area (Å²) in [6.07, 6.45) is 1.35. The zero-order valence-electron chi connectivity index (χ0n) is 14.3. The van der Waals surface area contributed by atoms with Crippen LogP contribution in [0.4, 0.5) is 0 Å². The molecule has 0 atom stereocenters.